The van der Waals surface area contributed by atoms with Crippen molar-refractivity contribution in [2.45, 2.75) is 38.5 Å². The van der Waals surface area contributed by atoms with Crippen LogP contribution in [-0.4, -0.2) is 0 Å². The largest absolute Gasteiger partial charge is 0.355 e. The molecule has 0 heterocycles. The predicted octanol–water partition coefficient (Wildman–Crippen LogP) is 8.04. The minimum atomic E-state index is -1.18. The summed E-state index contributed by atoms with van der Waals surface area (Å²) in [6.45, 7) is 6.67. The summed E-state index contributed by atoms with van der Waals surface area (Å²) in [4.78, 5) is 0. The number of benzene rings is 4. The van der Waals surface area contributed by atoms with E-state index in [1.54, 1.807) is 27.7 Å². The highest BCUT2D eigenvalue weighted by molar-refractivity contribution is 5.92. The van der Waals surface area contributed by atoms with Crippen molar-refractivity contribution in [3.63, 3.8) is 0 Å². The average molecular weight is 416 g/mol. The minimum absolute atomic E-state index is 0.0383. The summed E-state index contributed by atoms with van der Waals surface area (Å²) in [5.41, 5.74) is -1.85. The van der Waals surface area contributed by atoms with Crippen LogP contribution in [0.5, 0.6) is 0 Å². The zero-order valence-electron chi connectivity index (χ0n) is 31.5. The van der Waals surface area contributed by atoms with E-state index < -0.39 is 65.2 Å². The molecule has 0 amide bonds. The van der Waals surface area contributed by atoms with Crippen molar-refractivity contribution in [2.75, 3.05) is 5.32 Å². The monoisotopic (exact) mass is 415 g/mol. The van der Waals surface area contributed by atoms with Crippen LogP contribution in [-0.2, 0) is 10.8 Å². The van der Waals surface area contributed by atoms with Gasteiger partial charge < -0.3 is 5.32 Å². The molecule has 2 aliphatic rings. The third-order valence-corrected chi connectivity index (χ3v) is 6.31. The van der Waals surface area contributed by atoms with Crippen LogP contribution in [0.3, 0.4) is 0 Å². The fraction of sp³-hybridized carbons (Fsp3) is 0.200. The van der Waals surface area contributed by atoms with Gasteiger partial charge in [-0.05, 0) is 57.1 Å². The van der Waals surface area contributed by atoms with Crippen molar-refractivity contribution in [1.29, 1.82) is 0 Å². The van der Waals surface area contributed by atoms with Crippen LogP contribution in [0.15, 0.2) is 84.6 Å². The van der Waals surface area contributed by atoms with E-state index in [1.807, 2.05) is 0 Å². The van der Waals surface area contributed by atoms with Crippen LogP contribution in [0.25, 0.3) is 22.3 Å². The van der Waals surface area contributed by atoms with Crippen LogP contribution < -0.4 is 5.32 Å². The van der Waals surface area contributed by atoms with E-state index in [2.05, 4.69) is 5.32 Å². The Kier molecular flexibility index (Phi) is 1.78. The first kappa shape index (κ1) is 9.04. The summed E-state index contributed by atoms with van der Waals surface area (Å²) in [6, 6.07) is -5.91. The van der Waals surface area contributed by atoms with Crippen LogP contribution >= 0.6 is 0 Å². The normalized spacial score (nSPS) is 22.6. The molecule has 152 valence electrons. The van der Waals surface area contributed by atoms with Gasteiger partial charge >= 0.3 is 0 Å². The van der Waals surface area contributed by atoms with Gasteiger partial charge in [-0.25, -0.2) is 0 Å². The summed E-state index contributed by atoms with van der Waals surface area (Å²) in [7, 11) is 0. The number of hydrogen-bond donors (Lipinski definition) is 1. The molecule has 0 unspecified atom stereocenters. The van der Waals surface area contributed by atoms with E-state index in [9.17, 15) is 1.37 Å². The first-order valence-corrected chi connectivity index (χ1v) is 10.0. The van der Waals surface area contributed by atoms with Crippen LogP contribution in [0.1, 0.15) is 69.1 Å². The van der Waals surface area contributed by atoms with Gasteiger partial charge in [0.1, 0.15) is 0 Å². The van der Waals surface area contributed by atoms with Gasteiger partial charge in [0.25, 0.3) is 0 Å². The zero-order chi connectivity index (χ0) is 33.6. The lowest BCUT2D eigenvalue weighted by molar-refractivity contribution is 0.660. The molecule has 0 radical (unpaired) electrons. The van der Waals surface area contributed by atoms with E-state index in [0.29, 0.717) is 0 Å². The second-order valence-electron chi connectivity index (χ2n) is 8.88. The van der Waals surface area contributed by atoms with Gasteiger partial charge in [0.15, 0.2) is 0 Å². The topological polar surface area (TPSA) is 12.0 Å². The van der Waals surface area contributed by atoms with E-state index in [4.69, 9.17) is 17.8 Å². The average Bonchev–Trinajstić information content (AvgIpc) is 3.37. The Hall–Kier alpha value is -3.32. The number of fused-ring (bicyclic) bond motifs is 6. The standard InChI is InChI=1S/C30H27N/c1-29(2)23-12-7-5-10-20(23)22-18-19(16-17-25(22)29)31-27-15-9-14-26-28(27)21-11-6-8-13-24(21)30(26,3)4/h5-18,31H,1-4H3/i5D,6D,7D,8D,9D,10D,11D,12D,13D,14D,15D,16D,17D,18D. The number of anilines is 2. The van der Waals surface area contributed by atoms with E-state index in [-0.39, 0.29) is 86.1 Å². The Morgan fingerprint density at radius 1 is 0.581 bits per heavy atom. The SMILES string of the molecule is [2H]c1c([2H])c([2H])c2c(c1[2H])-c1c([2H])c(Nc3c([2H])c([2H])c([2H])c4c3-c3c([2H])c([2H])c([2H])c([2H])c3C4(C)C)c([2H])c([2H])c1C2(C)C. The van der Waals surface area contributed by atoms with Crippen LogP contribution in [0, 0.1) is 0 Å². The molecular formula is C30H27N. The van der Waals surface area contributed by atoms with Gasteiger partial charge in [0, 0.05) is 27.8 Å². The summed E-state index contributed by atoms with van der Waals surface area (Å²) in [6.07, 6.45) is 0. The van der Waals surface area contributed by atoms with Gasteiger partial charge in [-0.3, -0.25) is 0 Å². The van der Waals surface area contributed by atoms with Crippen LogP contribution in [0.4, 0.5) is 11.4 Å². The molecule has 0 bridgehead atoms. The van der Waals surface area contributed by atoms with Crippen molar-refractivity contribution in [2.24, 2.45) is 0 Å². The molecule has 0 atom stereocenters. The number of rotatable bonds is 2. The molecule has 0 aromatic heterocycles. The van der Waals surface area contributed by atoms with Crippen molar-refractivity contribution < 1.29 is 19.2 Å². The lowest BCUT2D eigenvalue weighted by Crippen LogP contribution is -2.15. The molecule has 0 spiro atoms. The molecule has 0 aliphatic heterocycles. The maximum absolute atomic E-state index is 9.25. The van der Waals surface area contributed by atoms with Crippen molar-refractivity contribution in [1.82, 2.24) is 0 Å². The van der Waals surface area contributed by atoms with Gasteiger partial charge in [-0.15, -0.1) is 0 Å². The van der Waals surface area contributed by atoms with Gasteiger partial charge in [-0.1, -0.05) is 94.2 Å². The molecule has 6 rings (SSSR count). The van der Waals surface area contributed by atoms with Crippen LogP contribution in [0.2, 0.25) is 0 Å². The number of nitrogens with one attached hydrogen (secondary N) is 1. The lowest BCUT2D eigenvalue weighted by atomic mass is 9.82. The molecule has 0 saturated heterocycles. The summed E-state index contributed by atoms with van der Waals surface area (Å²) < 4.78 is 121. The third kappa shape index (κ3) is 2.44. The molecule has 1 nitrogen and oxygen atoms in total. The van der Waals surface area contributed by atoms with Crippen molar-refractivity contribution in [3.8, 4) is 22.3 Å². The highest BCUT2D eigenvalue weighted by Crippen LogP contribution is 2.52. The van der Waals surface area contributed by atoms with E-state index in [1.165, 1.54) is 0 Å². The summed E-state index contributed by atoms with van der Waals surface area (Å²) in [5.74, 6) is 0. The molecule has 0 saturated carbocycles. The highest BCUT2D eigenvalue weighted by atomic mass is 14.9. The van der Waals surface area contributed by atoms with Crippen molar-refractivity contribution >= 4 is 11.4 Å². The van der Waals surface area contributed by atoms with Gasteiger partial charge in [0.2, 0.25) is 0 Å². The highest BCUT2D eigenvalue weighted by Gasteiger charge is 2.37. The molecule has 2 aliphatic carbocycles. The second kappa shape index (κ2) is 6.11. The Bertz CT molecular complexity index is 2080. The van der Waals surface area contributed by atoms with E-state index in [0.717, 1.165) is 0 Å². The molecule has 31 heavy (non-hydrogen) atoms. The summed E-state index contributed by atoms with van der Waals surface area (Å²) in [5, 5.41) is 2.89. The fourth-order valence-corrected chi connectivity index (χ4v) is 4.66. The predicted molar refractivity (Wildman–Crippen MR) is 131 cm³/mol. The molecule has 1 heteroatoms. The van der Waals surface area contributed by atoms with Crippen molar-refractivity contribution in [3.05, 3.63) is 107 Å². The Labute approximate surface area is 204 Å². The molecular weight excluding hydrogens is 374 g/mol. The quantitative estimate of drug-likeness (QED) is 0.349. The second-order valence-corrected chi connectivity index (χ2v) is 8.88. The molecule has 4 aromatic rings. The first-order valence-electron chi connectivity index (χ1n) is 17.0. The first-order chi connectivity index (χ1) is 20.7. The van der Waals surface area contributed by atoms with E-state index >= 15 is 0 Å². The molecule has 0 fully saturated rings. The smallest absolute Gasteiger partial charge is 0.0651 e. The Balaban J connectivity index is 1.72. The Morgan fingerprint density at radius 3 is 1.94 bits per heavy atom. The number of hydrogen-bond acceptors (Lipinski definition) is 1. The Morgan fingerprint density at radius 2 is 1.16 bits per heavy atom. The molecule has 1 N–H and O–H groups in total. The van der Waals surface area contributed by atoms with Gasteiger partial charge in [-0.2, -0.15) is 0 Å². The van der Waals surface area contributed by atoms with Gasteiger partial charge in [0.05, 0.1) is 19.2 Å². The molecule has 4 aromatic carbocycles. The maximum Gasteiger partial charge on any atom is 0.0651 e. The zero-order valence-corrected chi connectivity index (χ0v) is 17.5. The minimum Gasteiger partial charge on any atom is -0.355 e. The third-order valence-electron chi connectivity index (χ3n) is 6.31. The maximum atomic E-state index is 9.25. The summed E-state index contributed by atoms with van der Waals surface area (Å²) >= 11 is 0. The fourth-order valence-electron chi connectivity index (χ4n) is 4.66. The lowest BCUT2D eigenvalue weighted by Gasteiger charge is -2.22.